The van der Waals surface area contributed by atoms with Gasteiger partial charge in [-0.15, -0.1) is 12.4 Å². The number of halogens is 9. The number of carbonyl (C=O) groups excluding carboxylic acids is 4. The molecule has 11 nitrogen and oxygen atoms in total. The number of primary amides is 1. The van der Waals surface area contributed by atoms with Crippen LogP contribution in [0.15, 0.2) is 30.3 Å². The van der Waals surface area contributed by atoms with Crippen molar-refractivity contribution >= 4 is 36.0 Å². The monoisotopic (exact) mass is 726 g/mol. The minimum Gasteiger partial charge on any atom is -0.484 e. The normalized spacial score (nSPS) is 19.6. The molecule has 2 atom stereocenters. The quantitative estimate of drug-likeness (QED) is 0.168. The molecule has 2 fully saturated rings. The number of alkyl halides is 8. The van der Waals surface area contributed by atoms with Crippen molar-refractivity contribution in [1.82, 2.24) is 15.1 Å². The summed E-state index contributed by atoms with van der Waals surface area (Å²) in [5.41, 5.74) is 15.9. The van der Waals surface area contributed by atoms with E-state index in [0.29, 0.717) is 34.9 Å². The van der Waals surface area contributed by atoms with Gasteiger partial charge in [-0.3, -0.25) is 19.2 Å². The van der Waals surface area contributed by atoms with Crippen molar-refractivity contribution in [3.63, 3.8) is 0 Å². The van der Waals surface area contributed by atoms with Gasteiger partial charge >= 0.3 is 23.7 Å². The Morgan fingerprint density at radius 1 is 0.729 bits per heavy atom. The van der Waals surface area contributed by atoms with Gasteiger partial charge in [-0.1, -0.05) is 18.2 Å². The lowest BCUT2D eigenvalue weighted by Gasteiger charge is -2.19. The van der Waals surface area contributed by atoms with Gasteiger partial charge in [0.25, 0.3) is 5.91 Å². The highest BCUT2D eigenvalue weighted by atomic mass is 35.5. The van der Waals surface area contributed by atoms with Crippen LogP contribution in [-0.4, -0.2) is 109 Å². The largest absolute Gasteiger partial charge is 0.484 e. The molecule has 1 unspecified atom stereocenters. The highest BCUT2D eigenvalue weighted by molar-refractivity contribution is 5.85. The molecule has 7 N–H and O–H groups in total. The van der Waals surface area contributed by atoms with Crippen LogP contribution in [0.4, 0.5) is 35.1 Å². The van der Waals surface area contributed by atoms with Gasteiger partial charge in [0, 0.05) is 13.0 Å². The van der Waals surface area contributed by atoms with Gasteiger partial charge in [0.15, 0.2) is 6.61 Å². The summed E-state index contributed by atoms with van der Waals surface area (Å²) in [5, 5.41) is 2.63. The Kier molecular flexibility index (Phi) is 15.8. The van der Waals surface area contributed by atoms with Crippen LogP contribution in [0.25, 0.3) is 0 Å². The molecule has 1 aromatic carbocycles. The molecular weight excluding hydrogens is 688 g/mol. The fourth-order valence-corrected chi connectivity index (χ4v) is 4.49. The first-order chi connectivity index (χ1) is 21.7. The van der Waals surface area contributed by atoms with Gasteiger partial charge < -0.3 is 37.1 Å². The molecule has 48 heavy (non-hydrogen) atoms. The van der Waals surface area contributed by atoms with Crippen molar-refractivity contribution in [3.05, 3.63) is 30.3 Å². The van der Waals surface area contributed by atoms with E-state index in [2.05, 4.69) is 5.32 Å². The van der Waals surface area contributed by atoms with Gasteiger partial charge in [0.2, 0.25) is 17.7 Å². The molecule has 0 aliphatic carbocycles. The van der Waals surface area contributed by atoms with Crippen LogP contribution in [0.5, 0.6) is 5.75 Å². The zero-order valence-corrected chi connectivity index (χ0v) is 26.4. The molecule has 2 heterocycles. The van der Waals surface area contributed by atoms with Crippen molar-refractivity contribution in [1.29, 1.82) is 0 Å². The maximum atomic E-state index is 13.2. The van der Waals surface area contributed by atoms with E-state index in [1.54, 1.807) is 24.3 Å². The van der Waals surface area contributed by atoms with Crippen LogP contribution in [0.1, 0.15) is 38.5 Å². The van der Waals surface area contributed by atoms with Gasteiger partial charge in [-0.25, -0.2) is 0 Å². The van der Waals surface area contributed by atoms with E-state index in [1.807, 2.05) is 6.07 Å². The third-order valence-corrected chi connectivity index (χ3v) is 7.20. The number of ether oxygens (including phenoxy) is 1. The number of benzene rings is 1. The minimum atomic E-state index is -4.24. The summed E-state index contributed by atoms with van der Waals surface area (Å²) in [5.74, 6) is -19.2. The smallest absolute Gasteiger partial charge is 0.329 e. The molecule has 0 spiro atoms. The lowest BCUT2D eigenvalue weighted by molar-refractivity contribution is -0.172. The fourth-order valence-electron chi connectivity index (χ4n) is 4.49. The Morgan fingerprint density at radius 2 is 1.15 bits per heavy atom. The van der Waals surface area contributed by atoms with E-state index in [0.717, 1.165) is 0 Å². The van der Waals surface area contributed by atoms with Crippen molar-refractivity contribution < 1.29 is 59.0 Å². The van der Waals surface area contributed by atoms with Gasteiger partial charge in [0.1, 0.15) is 5.75 Å². The number of carbonyl (C=O) groups is 4. The number of nitrogens with two attached hydrogens (primary N) is 3. The Balaban J connectivity index is 0.000000505. The number of rotatable bonds is 14. The Hall–Kier alpha value is -3.45. The second-order valence-corrected chi connectivity index (χ2v) is 11.2. The third-order valence-electron chi connectivity index (χ3n) is 7.20. The molecule has 3 rings (SSSR count). The summed E-state index contributed by atoms with van der Waals surface area (Å²) in [7, 11) is 0. The second kappa shape index (κ2) is 17.8. The lowest BCUT2D eigenvalue weighted by atomic mass is 10.1. The number of para-hydroxylation sites is 1. The first-order valence-corrected chi connectivity index (χ1v) is 14.5. The van der Waals surface area contributed by atoms with Crippen LogP contribution in [-0.2, 0) is 19.2 Å². The number of hydrogen-bond donors (Lipinski definition) is 4. The summed E-state index contributed by atoms with van der Waals surface area (Å²) < 4.78 is 110. The number of hydrogen-bond acceptors (Lipinski definition) is 7. The number of nitrogens with one attached hydrogen (secondary N) is 1. The van der Waals surface area contributed by atoms with E-state index in [-0.39, 0.29) is 50.6 Å². The van der Waals surface area contributed by atoms with Crippen LogP contribution >= 0.6 is 12.4 Å². The molecule has 0 radical (unpaired) electrons. The van der Waals surface area contributed by atoms with Crippen molar-refractivity contribution in [2.75, 3.05) is 39.3 Å². The zero-order valence-electron chi connectivity index (χ0n) is 25.6. The lowest BCUT2D eigenvalue weighted by Crippen LogP contribution is -2.43. The second-order valence-electron chi connectivity index (χ2n) is 11.2. The van der Waals surface area contributed by atoms with Crippen molar-refractivity contribution in [2.24, 2.45) is 17.2 Å². The summed E-state index contributed by atoms with van der Waals surface area (Å²) in [4.78, 5) is 46.5. The topological polar surface area (TPSA) is 174 Å². The number of likely N-dealkylation sites (tertiary alicyclic amines) is 2. The molecule has 1 aromatic rings. The van der Waals surface area contributed by atoms with E-state index in [1.165, 1.54) is 0 Å². The number of amides is 4. The van der Waals surface area contributed by atoms with Crippen LogP contribution in [0.3, 0.4) is 0 Å². The predicted molar refractivity (Wildman–Crippen MR) is 158 cm³/mol. The highest BCUT2D eigenvalue weighted by Gasteiger charge is 2.65. The van der Waals surface area contributed by atoms with Crippen LogP contribution in [0, 0.1) is 0 Å². The molecule has 2 aliphatic rings. The molecule has 4 amide bonds. The van der Waals surface area contributed by atoms with Gasteiger partial charge in [-0.2, -0.15) is 35.1 Å². The summed E-state index contributed by atoms with van der Waals surface area (Å²) in [6.45, 7) is -5.17. The number of nitrogens with zero attached hydrogens (tertiary/aromatic N) is 2. The van der Waals surface area contributed by atoms with Crippen LogP contribution < -0.4 is 27.3 Å². The standard InChI is InChI=1S/C18H23F4N3O3.C10H15F4N3O2.ClH/c19-17(20)11-25(12-18(17,21)22)16(27)14(23)8-4-5-9-24-15(26)10-28-13-6-2-1-3-7-13;11-9(12)4-17(5-10(9,13)14)8(19)6(15)2-1-3-7(16)18;/h1-3,6-7,14H,4-5,8-12,23H2,(H,24,26);6H,1-5,15H2,(H2,16,18);1H/t;6-;/m.0./s1. The maximum Gasteiger partial charge on any atom is 0.329 e. The van der Waals surface area contributed by atoms with Crippen LogP contribution in [0.2, 0.25) is 0 Å². The molecule has 274 valence electrons. The Labute approximate surface area is 277 Å². The molecular formula is C28H39ClF8N6O5. The first kappa shape index (κ1) is 42.6. The SMILES string of the molecule is Cl.NC(=O)CCC[C@H](N)C(=O)N1CC(F)(F)C(F)(F)C1.NC(CCCCNC(=O)COc1ccccc1)C(=O)N1CC(F)(F)C(F)(F)C1. The van der Waals surface area contributed by atoms with Crippen molar-refractivity contribution in [2.45, 2.75) is 74.3 Å². The summed E-state index contributed by atoms with van der Waals surface area (Å²) >= 11 is 0. The average Bonchev–Trinajstić information content (AvgIpc) is 3.34. The van der Waals surface area contributed by atoms with E-state index in [9.17, 15) is 54.3 Å². The Bertz CT molecular complexity index is 1200. The predicted octanol–water partition coefficient (Wildman–Crippen LogP) is 2.30. The summed E-state index contributed by atoms with van der Waals surface area (Å²) in [6.07, 6.45) is 1.27. The molecule has 0 bridgehead atoms. The fraction of sp³-hybridized carbons (Fsp3) is 0.643. The molecule has 2 saturated heterocycles. The molecule has 0 saturated carbocycles. The van der Waals surface area contributed by atoms with Gasteiger partial charge in [0.05, 0.1) is 38.3 Å². The van der Waals surface area contributed by atoms with E-state index >= 15 is 0 Å². The summed E-state index contributed by atoms with van der Waals surface area (Å²) in [6, 6.07) is 6.49. The minimum absolute atomic E-state index is 0. The third kappa shape index (κ3) is 12.2. The first-order valence-electron chi connectivity index (χ1n) is 14.5. The van der Waals surface area contributed by atoms with E-state index < -0.39 is 79.7 Å². The molecule has 20 heteroatoms. The van der Waals surface area contributed by atoms with Crippen molar-refractivity contribution in [3.8, 4) is 5.75 Å². The maximum absolute atomic E-state index is 13.2. The Morgan fingerprint density at radius 3 is 1.56 bits per heavy atom. The highest BCUT2D eigenvalue weighted by Crippen LogP contribution is 2.42. The zero-order chi connectivity index (χ0) is 35.6. The van der Waals surface area contributed by atoms with Gasteiger partial charge in [-0.05, 0) is 44.2 Å². The molecule has 2 aliphatic heterocycles. The average molecular weight is 727 g/mol. The van der Waals surface area contributed by atoms with E-state index in [4.69, 9.17) is 21.9 Å². The number of unbranched alkanes of at least 4 members (excludes halogenated alkanes) is 1. The molecule has 0 aromatic heterocycles.